The second-order valence-electron chi connectivity index (χ2n) is 5.85. The van der Waals surface area contributed by atoms with Crippen LogP contribution in [0.2, 0.25) is 0 Å². The summed E-state index contributed by atoms with van der Waals surface area (Å²) >= 11 is 1.41. The number of thiazole rings is 1. The van der Waals surface area contributed by atoms with Crippen LogP contribution in [-0.4, -0.2) is 41.0 Å². The van der Waals surface area contributed by atoms with E-state index in [9.17, 15) is 4.79 Å². The van der Waals surface area contributed by atoms with E-state index in [2.05, 4.69) is 26.9 Å². The lowest BCUT2D eigenvalue weighted by molar-refractivity contribution is 0.0983. The Kier molecular flexibility index (Phi) is 4.15. The highest BCUT2D eigenvalue weighted by molar-refractivity contribution is 7.13. The minimum absolute atomic E-state index is 0.0749. The van der Waals surface area contributed by atoms with E-state index in [0.717, 1.165) is 24.3 Å². The summed E-state index contributed by atoms with van der Waals surface area (Å²) in [6, 6.07) is 8.00. The maximum atomic E-state index is 13.1. The predicted octanol–water partition coefficient (Wildman–Crippen LogP) is 3.09. The topological polar surface area (TPSA) is 62.2 Å². The number of aromatic nitrogens is 3. The van der Waals surface area contributed by atoms with Crippen LogP contribution in [0, 0.1) is 0 Å². The molecular formula is C18H17N5OS. The highest BCUT2D eigenvalue weighted by Gasteiger charge is 2.25. The molecule has 1 aliphatic rings. The van der Waals surface area contributed by atoms with Gasteiger partial charge < -0.3 is 9.80 Å². The third-order valence-electron chi connectivity index (χ3n) is 4.21. The number of hydrogen-bond acceptors (Lipinski definition) is 6. The van der Waals surface area contributed by atoms with E-state index < -0.39 is 0 Å². The normalized spacial score (nSPS) is 14.1. The summed E-state index contributed by atoms with van der Waals surface area (Å²) < 4.78 is 0. The summed E-state index contributed by atoms with van der Waals surface area (Å²) in [6.45, 7) is 1.60. The molecule has 1 aliphatic heterocycles. The molecule has 1 aromatic carbocycles. The molecule has 126 valence electrons. The second kappa shape index (κ2) is 6.60. The van der Waals surface area contributed by atoms with Crippen molar-refractivity contribution in [3.63, 3.8) is 0 Å². The van der Waals surface area contributed by atoms with Gasteiger partial charge in [0.05, 0.1) is 17.6 Å². The summed E-state index contributed by atoms with van der Waals surface area (Å²) in [5.74, 6) is -0.0749. The van der Waals surface area contributed by atoms with Crippen molar-refractivity contribution in [2.24, 2.45) is 0 Å². The Balaban J connectivity index is 1.67. The summed E-state index contributed by atoms with van der Waals surface area (Å²) in [6.07, 6.45) is 5.81. The lowest BCUT2D eigenvalue weighted by Crippen LogP contribution is -2.31. The van der Waals surface area contributed by atoms with Gasteiger partial charge >= 0.3 is 0 Å². The molecule has 0 N–H and O–H groups in total. The zero-order valence-corrected chi connectivity index (χ0v) is 14.6. The highest BCUT2D eigenvalue weighted by atomic mass is 32.1. The first kappa shape index (κ1) is 15.7. The van der Waals surface area contributed by atoms with E-state index in [1.165, 1.54) is 11.3 Å². The van der Waals surface area contributed by atoms with Crippen LogP contribution < -0.4 is 9.80 Å². The minimum Gasteiger partial charge on any atom is -0.373 e. The molecule has 0 bridgehead atoms. The monoisotopic (exact) mass is 351 g/mol. The van der Waals surface area contributed by atoms with Crippen molar-refractivity contribution >= 4 is 28.6 Å². The average molecular weight is 351 g/mol. The number of nitrogens with zero attached hydrogens (tertiary/aromatic N) is 5. The number of fused-ring (bicyclic) bond motifs is 1. The van der Waals surface area contributed by atoms with Gasteiger partial charge in [-0.15, -0.1) is 11.3 Å². The molecule has 25 heavy (non-hydrogen) atoms. The fraction of sp³-hybridized carbons (Fsp3) is 0.222. The SMILES string of the molecule is CN1CCCN(C(=O)c2csc(-c3cnccn3)n2)c2ccccc21. The molecule has 0 saturated heterocycles. The van der Waals surface area contributed by atoms with Crippen molar-refractivity contribution in [2.75, 3.05) is 29.9 Å². The number of carbonyl (C=O) groups excluding carboxylic acids is 1. The van der Waals surface area contributed by atoms with Crippen molar-refractivity contribution in [3.05, 3.63) is 53.9 Å². The van der Waals surface area contributed by atoms with Crippen LogP contribution in [0.25, 0.3) is 10.7 Å². The lowest BCUT2D eigenvalue weighted by atomic mass is 10.2. The number of carbonyl (C=O) groups is 1. The van der Waals surface area contributed by atoms with Gasteiger partial charge in [0.2, 0.25) is 0 Å². The summed E-state index contributed by atoms with van der Waals surface area (Å²) in [4.78, 5) is 29.9. The van der Waals surface area contributed by atoms with Crippen molar-refractivity contribution < 1.29 is 4.79 Å². The van der Waals surface area contributed by atoms with Gasteiger partial charge in [0, 0.05) is 37.9 Å². The molecule has 4 rings (SSSR count). The fourth-order valence-electron chi connectivity index (χ4n) is 2.97. The zero-order chi connectivity index (χ0) is 17.2. The molecule has 0 atom stereocenters. The van der Waals surface area contributed by atoms with Crippen molar-refractivity contribution in [3.8, 4) is 10.7 Å². The molecule has 0 spiro atoms. The Hall–Kier alpha value is -2.80. The molecule has 6 nitrogen and oxygen atoms in total. The Bertz CT molecular complexity index is 895. The Morgan fingerprint density at radius 1 is 1.16 bits per heavy atom. The number of anilines is 2. The fourth-order valence-corrected chi connectivity index (χ4v) is 3.72. The smallest absolute Gasteiger partial charge is 0.277 e. The molecule has 0 saturated carbocycles. The molecule has 0 radical (unpaired) electrons. The largest absolute Gasteiger partial charge is 0.373 e. The van der Waals surface area contributed by atoms with Gasteiger partial charge in [-0.3, -0.25) is 14.8 Å². The van der Waals surface area contributed by atoms with Gasteiger partial charge in [-0.25, -0.2) is 4.98 Å². The molecule has 0 aliphatic carbocycles. The van der Waals surface area contributed by atoms with Gasteiger partial charge in [-0.05, 0) is 18.6 Å². The van der Waals surface area contributed by atoms with Crippen molar-refractivity contribution in [1.29, 1.82) is 0 Å². The third kappa shape index (κ3) is 2.98. The van der Waals surface area contributed by atoms with Crippen LogP contribution in [0.1, 0.15) is 16.9 Å². The first-order valence-electron chi connectivity index (χ1n) is 8.08. The van der Waals surface area contributed by atoms with Crippen LogP contribution >= 0.6 is 11.3 Å². The molecule has 1 amide bonds. The molecule has 7 heteroatoms. The number of hydrogen-bond donors (Lipinski definition) is 0. The van der Waals surface area contributed by atoms with Crippen LogP contribution in [0.4, 0.5) is 11.4 Å². The molecule has 0 unspecified atom stereocenters. The van der Waals surface area contributed by atoms with Gasteiger partial charge in [0.15, 0.2) is 0 Å². The Morgan fingerprint density at radius 3 is 2.80 bits per heavy atom. The van der Waals surface area contributed by atoms with E-state index in [-0.39, 0.29) is 5.91 Å². The maximum Gasteiger partial charge on any atom is 0.277 e. The van der Waals surface area contributed by atoms with E-state index >= 15 is 0 Å². The number of benzene rings is 1. The maximum absolute atomic E-state index is 13.1. The van der Waals surface area contributed by atoms with Crippen LogP contribution in [0.5, 0.6) is 0 Å². The first-order valence-corrected chi connectivity index (χ1v) is 8.96. The zero-order valence-electron chi connectivity index (χ0n) is 13.8. The summed E-state index contributed by atoms with van der Waals surface area (Å²) in [5.41, 5.74) is 3.13. The minimum atomic E-state index is -0.0749. The Labute approximate surface area is 149 Å². The predicted molar refractivity (Wildman–Crippen MR) is 99.1 cm³/mol. The molecule has 3 aromatic rings. The van der Waals surface area contributed by atoms with Crippen LogP contribution in [-0.2, 0) is 0 Å². The van der Waals surface area contributed by atoms with E-state index in [0.29, 0.717) is 22.9 Å². The number of rotatable bonds is 2. The molecule has 2 aromatic heterocycles. The van der Waals surface area contributed by atoms with Crippen molar-refractivity contribution in [1.82, 2.24) is 15.0 Å². The lowest BCUT2D eigenvalue weighted by Gasteiger charge is -2.23. The number of amides is 1. The van der Waals surface area contributed by atoms with E-state index in [4.69, 9.17) is 0 Å². The van der Waals surface area contributed by atoms with E-state index in [1.807, 2.05) is 29.2 Å². The average Bonchev–Trinajstić information content (AvgIpc) is 3.09. The summed E-state index contributed by atoms with van der Waals surface area (Å²) in [7, 11) is 2.06. The molecule has 0 fully saturated rings. The highest BCUT2D eigenvalue weighted by Crippen LogP contribution is 2.32. The molecular weight excluding hydrogens is 334 g/mol. The van der Waals surface area contributed by atoms with Gasteiger partial charge in [0.25, 0.3) is 5.91 Å². The second-order valence-corrected chi connectivity index (χ2v) is 6.71. The first-order chi connectivity index (χ1) is 12.2. The van der Waals surface area contributed by atoms with Gasteiger partial charge in [-0.2, -0.15) is 0 Å². The van der Waals surface area contributed by atoms with Crippen molar-refractivity contribution in [2.45, 2.75) is 6.42 Å². The molecule has 3 heterocycles. The van der Waals surface area contributed by atoms with E-state index in [1.54, 1.807) is 24.0 Å². The van der Waals surface area contributed by atoms with Gasteiger partial charge in [0.1, 0.15) is 16.4 Å². The Morgan fingerprint density at radius 2 is 2.00 bits per heavy atom. The van der Waals surface area contributed by atoms with Crippen LogP contribution in [0.15, 0.2) is 48.2 Å². The number of para-hydroxylation sites is 2. The third-order valence-corrected chi connectivity index (χ3v) is 5.07. The quantitative estimate of drug-likeness (QED) is 0.710. The standard InChI is InChI=1S/C18H17N5OS/c1-22-9-4-10-23(16-6-3-2-5-15(16)22)18(24)14-12-25-17(21-14)13-11-19-7-8-20-13/h2-3,5-8,11-12H,4,9-10H2,1H3. The van der Waals surface area contributed by atoms with Gasteiger partial charge in [-0.1, -0.05) is 12.1 Å². The van der Waals surface area contributed by atoms with Crippen LogP contribution in [0.3, 0.4) is 0 Å². The summed E-state index contributed by atoms with van der Waals surface area (Å²) in [5, 5.41) is 2.50.